The Kier molecular flexibility index (Phi) is 1.78. The molecular formula is C4H10BN. The lowest BCUT2D eigenvalue weighted by Crippen LogP contribution is -1.93. The molecule has 0 atom stereocenters. The fraction of sp³-hybridized carbons (Fsp3) is 0.500. The Balaban J connectivity index is 3.68. The first-order chi connectivity index (χ1) is 2.64. The molecule has 0 aromatic rings. The molecule has 0 heterocycles. The Labute approximate surface area is 39.6 Å². The zero-order valence-electron chi connectivity index (χ0n) is 4.58. The second kappa shape index (κ2) is 1.90. The van der Waals surface area contributed by atoms with E-state index < -0.39 is 0 Å². The third kappa shape index (κ3) is 1.88. The number of hydrogen-bond acceptors (Lipinski definition) is 1. The maximum Gasteiger partial charge on any atom is 0.135 e. The van der Waals surface area contributed by atoms with Gasteiger partial charge in [0.2, 0.25) is 0 Å². The lowest BCUT2D eigenvalue weighted by molar-refractivity contribution is 1.27. The van der Waals surface area contributed by atoms with Crippen LogP contribution in [0.25, 0.3) is 0 Å². The summed E-state index contributed by atoms with van der Waals surface area (Å²) in [5, 5.41) is 0. The average Bonchev–Trinajstić information content (AvgIpc) is 1.36. The molecule has 0 aromatic carbocycles. The van der Waals surface area contributed by atoms with E-state index in [2.05, 4.69) is 0 Å². The highest BCUT2D eigenvalue weighted by molar-refractivity contribution is 6.21. The molecular weight excluding hydrogens is 72.9 g/mol. The van der Waals surface area contributed by atoms with Gasteiger partial charge in [-0.05, 0) is 12.6 Å². The Bertz CT molecular complexity index is 57.6. The summed E-state index contributed by atoms with van der Waals surface area (Å²) >= 11 is 0. The van der Waals surface area contributed by atoms with Gasteiger partial charge < -0.3 is 5.73 Å². The number of allylic oxidation sites excluding steroid dienone is 2. The van der Waals surface area contributed by atoms with Gasteiger partial charge >= 0.3 is 0 Å². The summed E-state index contributed by atoms with van der Waals surface area (Å²) in [5.74, 6) is 0. The molecule has 0 saturated heterocycles. The minimum Gasteiger partial charge on any atom is -0.403 e. The third-order valence-corrected chi connectivity index (χ3v) is 0.789. The first-order valence-corrected chi connectivity index (χ1v) is 2.04. The molecule has 6 heavy (non-hydrogen) atoms. The number of nitrogens with two attached hydrogens (primary N) is 1. The standard InChI is InChI=1S/C4H10BN/c1-3(5)4(2)6/h5-6H2,1-2H3/b4-3-. The molecule has 1 nitrogen and oxygen atoms in total. The van der Waals surface area contributed by atoms with E-state index in [9.17, 15) is 0 Å². The van der Waals surface area contributed by atoms with E-state index in [-0.39, 0.29) is 0 Å². The van der Waals surface area contributed by atoms with Crippen LogP contribution in [0.1, 0.15) is 13.8 Å². The second-order valence-corrected chi connectivity index (χ2v) is 1.68. The molecule has 34 valence electrons. The van der Waals surface area contributed by atoms with E-state index in [4.69, 9.17) is 5.73 Å². The second-order valence-electron chi connectivity index (χ2n) is 1.68. The van der Waals surface area contributed by atoms with E-state index in [1.54, 1.807) is 0 Å². The van der Waals surface area contributed by atoms with Crippen molar-refractivity contribution in [1.29, 1.82) is 0 Å². The van der Waals surface area contributed by atoms with Crippen LogP contribution in [0, 0.1) is 0 Å². The van der Waals surface area contributed by atoms with Crippen molar-refractivity contribution in [2.75, 3.05) is 0 Å². The normalized spacial score (nSPS) is 13.7. The van der Waals surface area contributed by atoms with Crippen molar-refractivity contribution >= 4 is 7.85 Å². The summed E-state index contributed by atoms with van der Waals surface area (Å²) in [6, 6.07) is 0. The van der Waals surface area contributed by atoms with Gasteiger partial charge in [0.1, 0.15) is 7.85 Å². The highest BCUT2D eigenvalue weighted by atomic mass is 14.5. The molecule has 0 amide bonds. The van der Waals surface area contributed by atoms with Gasteiger partial charge in [0.15, 0.2) is 0 Å². The first-order valence-electron chi connectivity index (χ1n) is 2.04. The predicted octanol–water partition coefficient (Wildman–Crippen LogP) is -0.170. The predicted molar refractivity (Wildman–Crippen MR) is 31.1 cm³/mol. The monoisotopic (exact) mass is 83.1 g/mol. The van der Waals surface area contributed by atoms with Gasteiger partial charge in [-0.1, -0.05) is 12.4 Å². The van der Waals surface area contributed by atoms with Crippen LogP contribution >= 0.6 is 0 Å². The molecule has 0 aliphatic rings. The van der Waals surface area contributed by atoms with Gasteiger partial charge in [0, 0.05) is 0 Å². The van der Waals surface area contributed by atoms with Gasteiger partial charge in [0.05, 0.1) is 0 Å². The fourth-order valence-electron chi connectivity index (χ4n) is 0. The van der Waals surface area contributed by atoms with E-state index in [0.717, 1.165) is 5.70 Å². The van der Waals surface area contributed by atoms with Crippen LogP contribution < -0.4 is 5.73 Å². The van der Waals surface area contributed by atoms with Crippen molar-refractivity contribution in [3.63, 3.8) is 0 Å². The first kappa shape index (κ1) is 5.60. The Morgan fingerprint density at radius 2 is 1.67 bits per heavy atom. The lowest BCUT2D eigenvalue weighted by atomic mass is 9.96. The van der Waals surface area contributed by atoms with Crippen molar-refractivity contribution in [3.05, 3.63) is 11.2 Å². The fourth-order valence-corrected chi connectivity index (χ4v) is 0. The summed E-state index contributed by atoms with van der Waals surface area (Å²) in [6.45, 7) is 3.89. The van der Waals surface area contributed by atoms with Crippen molar-refractivity contribution in [2.45, 2.75) is 13.8 Å². The molecule has 0 aliphatic carbocycles. The van der Waals surface area contributed by atoms with E-state index >= 15 is 0 Å². The van der Waals surface area contributed by atoms with Gasteiger partial charge in [-0.15, -0.1) is 0 Å². The molecule has 0 aliphatic heterocycles. The maximum absolute atomic E-state index is 5.31. The van der Waals surface area contributed by atoms with Crippen LogP contribution in [-0.4, -0.2) is 7.85 Å². The van der Waals surface area contributed by atoms with Crippen LogP contribution in [0.4, 0.5) is 0 Å². The van der Waals surface area contributed by atoms with Crippen LogP contribution in [0.15, 0.2) is 11.2 Å². The molecule has 0 unspecified atom stereocenters. The van der Waals surface area contributed by atoms with Crippen molar-refractivity contribution in [1.82, 2.24) is 0 Å². The lowest BCUT2D eigenvalue weighted by Gasteiger charge is -1.88. The van der Waals surface area contributed by atoms with Gasteiger partial charge in [-0.2, -0.15) is 0 Å². The highest BCUT2D eigenvalue weighted by Crippen LogP contribution is 1.85. The molecule has 2 heteroatoms. The minimum absolute atomic E-state index is 0.926. The van der Waals surface area contributed by atoms with Crippen molar-refractivity contribution in [3.8, 4) is 0 Å². The summed E-state index contributed by atoms with van der Waals surface area (Å²) in [6.07, 6.45) is 0. The summed E-state index contributed by atoms with van der Waals surface area (Å²) < 4.78 is 0. The molecule has 0 saturated carbocycles. The van der Waals surface area contributed by atoms with Gasteiger partial charge in [-0.25, -0.2) is 0 Å². The van der Waals surface area contributed by atoms with Crippen LogP contribution in [0.5, 0.6) is 0 Å². The summed E-state index contributed by atoms with van der Waals surface area (Å²) in [7, 11) is 2.00. The van der Waals surface area contributed by atoms with Crippen LogP contribution in [-0.2, 0) is 0 Å². The molecule has 0 fully saturated rings. The Hall–Kier alpha value is -0.395. The topological polar surface area (TPSA) is 26.0 Å². The third-order valence-electron chi connectivity index (χ3n) is 0.789. The molecule has 0 radical (unpaired) electrons. The highest BCUT2D eigenvalue weighted by Gasteiger charge is 1.76. The van der Waals surface area contributed by atoms with Gasteiger partial charge in [-0.3, -0.25) is 0 Å². The SMILES string of the molecule is B/C(C)=C(/C)N. The number of rotatable bonds is 0. The van der Waals surface area contributed by atoms with Gasteiger partial charge in [0.25, 0.3) is 0 Å². The minimum atomic E-state index is 0.926. The Morgan fingerprint density at radius 1 is 1.50 bits per heavy atom. The smallest absolute Gasteiger partial charge is 0.135 e. The van der Waals surface area contributed by atoms with Crippen molar-refractivity contribution in [2.24, 2.45) is 5.73 Å². The largest absolute Gasteiger partial charge is 0.403 e. The van der Waals surface area contributed by atoms with E-state index in [0.29, 0.717) is 0 Å². The summed E-state index contributed by atoms with van der Waals surface area (Å²) in [4.78, 5) is 0. The molecule has 0 rings (SSSR count). The quantitative estimate of drug-likeness (QED) is 0.404. The molecule has 0 aromatic heterocycles. The molecule has 2 N–H and O–H groups in total. The van der Waals surface area contributed by atoms with Crippen LogP contribution in [0.3, 0.4) is 0 Å². The maximum atomic E-state index is 5.31. The zero-order chi connectivity index (χ0) is 5.15. The van der Waals surface area contributed by atoms with E-state index in [1.165, 1.54) is 5.47 Å². The van der Waals surface area contributed by atoms with Crippen molar-refractivity contribution < 1.29 is 0 Å². The average molecular weight is 82.9 g/mol. The summed E-state index contributed by atoms with van der Waals surface area (Å²) in [5.41, 5.74) is 7.44. The van der Waals surface area contributed by atoms with E-state index in [1.807, 2.05) is 21.7 Å². The van der Waals surface area contributed by atoms with Crippen LogP contribution in [0.2, 0.25) is 0 Å². The number of hydrogen-bond donors (Lipinski definition) is 1. The Morgan fingerprint density at radius 3 is 1.67 bits per heavy atom. The zero-order valence-corrected chi connectivity index (χ0v) is 4.58. The molecule has 0 bridgehead atoms. The molecule has 0 spiro atoms.